The van der Waals surface area contributed by atoms with Crippen LogP contribution in [0.5, 0.6) is 0 Å². The van der Waals surface area contributed by atoms with Crippen molar-refractivity contribution in [1.29, 1.82) is 0 Å². The molecule has 0 aromatic heterocycles. The second-order valence-electron chi connectivity index (χ2n) is 2.89. The lowest BCUT2D eigenvalue weighted by Crippen LogP contribution is -2.17. The fourth-order valence-electron chi connectivity index (χ4n) is 1.55. The van der Waals surface area contributed by atoms with Crippen LogP contribution < -0.4 is 0 Å². The minimum Gasteiger partial charge on any atom is -0.481 e. The minimum absolute atomic E-state index is 0.136. The lowest BCUT2D eigenvalue weighted by atomic mass is 10.0. The van der Waals surface area contributed by atoms with Crippen molar-refractivity contribution in [3.8, 4) is 0 Å². The molecule has 0 amide bonds. The smallest absolute Gasteiger partial charge is 0.311 e. The maximum absolute atomic E-state index is 10.7. The van der Waals surface area contributed by atoms with Gasteiger partial charge in [0, 0.05) is 0 Å². The molecule has 1 fully saturated rings. The van der Waals surface area contributed by atoms with Crippen molar-refractivity contribution in [1.82, 2.24) is 0 Å². The van der Waals surface area contributed by atoms with E-state index in [1.54, 1.807) is 0 Å². The second kappa shape index (κ2) is 2.12. The summed E-state index contributed by atoms with van der Waals surface area (Å²) in [6.45, 7) is 3.75. The maximum atomic E-state index is 10.7. The van der Waals surface area contributed by atoms with Crippen molar-refractivity contribution in [2.75, 3.05) is 0 Å². The molecule has 0 aliphatic heterocycles. The Morgan fingerprint density at radius 3 is 2.20 bits per heavy atom. The molecule has 1 saturated carbocycles. The average Bonchev–Trinajstić information content (AvgIpc) is 2.38. The van der Waals surface area contributed by atoms with Crippen molar-refractivity contribution in [3.63, 3.8) is 0 Å². The van der Waals surface area contributed by atoms with Crippen LogP contribution in [0.4, 0.5) is 0 Å². The minimum atomic E-state index is -0.748. The van der Waals surface area contributed by atoms with Crippen LogP contribution in [0.2, 0.25) is 0 Å². The zero-order valence-electron chi connectivity index (χ0n) is 6.10. The Hall–Kier alpha value is -0.240. The summed E-state index contributed by atoms with van der Waals surface area (Å²) in [5.74, 6) is -0.612. The largest absolute Gasteiger partial charge is 0.481 e. The molecule has 1 aliphatic rings. The fourth-order valence-corrected chi connectivity index (χ4v) is 2.15. The molecule has 0 aromatic carbocycles. The Morgan fingerprint density at radius 2 is 2.20 bits per heavy atom. The number of carbonyl (C=O) groups is 1. The van der Waals surface area contributed by atoms with Crippen molar-refractivity contribution in [3.05, 3.63) is 0 Å². The van der Waals surface area contributed by atoms with Gasteiger partial charge >= 0.3 is 5.97 Å². The molecule has 1 aliphatic carbocycles. The molecule has 0 aromatic rings. The van der Waals surface area contributed by atoms with Gasteiger partial charge in [-0.2, -0.15) is 0 Å². The third-order valence-electron chi connectivity index (χ3n) is 2.62. The number of rotatable bonds is 2. The van der Waals surface area contributed by atoms with E-state index in [2.05, 4.69) is 0 Å². The van der Waals surface area contributed by atoms with E-state index in [0.717, 1.165) is 0 Å². The number of hydrogen-bond donors (Lipinski definition) is 1. The Labute approximate surface area is 65.2 Å². The van der Waals surface area contributed by atoms with Crippen LogP contribution in [0.25, 0.3) is 0 Å². The summed E-state index contributed by atoms with van der Waals surface area (Å²) in [5.41, 5.74) is -0.610. The molecule has 1 N–H and O–H groups in total. The summed E-state index contributed by atoms with van der Waals surface area (Å²) >= 11 is 5.77. The molecule has 3 unspecified atom stereocenters. The molecule has 0 spiro atoms. The average molecular weight is 163 g/mol. The predicted molar refractivity (Wildman–Crippen MR) is 39.2 cm³/mol. The molecule has 3 atom stereocenters. The summed E-state index contributed by atoms with van der Waals surface area (Å²) in [4.78, 5) is 10.7. The molecule has 3 heteroatoms. The molecular weight excluding hydrogens is 152 g/mol. The zero-order chi connectivity index (χ0) is 7.94. The van der Waals surface area contributed by atoms with Gasteiger partial charge in [0.2, 0.25) is 0 Å². The summed E-state index contributed by atoms with van der Waals surface area (Å²) in [5, 5.41) is 8.60. The van der Waals surface area contributed by atoms with E-state index in [9.17, 15) is 4.79 Å². The molecule has 0 bridgehead atoms. The highest BCUT2D eigenvalue weighted by Crippen LogP contribution is 2.58. The normalized spacial score (nSPS) is 45.1. The number of alkyl halides is 1. The van der Waals surface area contributed by atoms with E-state index in [4.69, 9.17) is 16.7 Å². The molecule has 2 nitrogen and oxygen atoms in total. The van der Waals surface area contributed by atoms with Crippen LogP contribution in [0.15, 0.2) is 0 Å². The van der Waals surface area contributed by atoms with Crippen LogP contribution in [0.3, 0.4) is 0 Å². The number of carboxylic acid groups (broad SMARTS) is 1. The first-order valence-corrected chi connectivity index (χ1v) is 3.88. The highest BCUT2D eigenvalue weighted by molar-refractivity contribution is 6.25. The molecule has 10 heavy (non-hydrogen) atoms. The third kappa shape index (κ3) is 0.685. The van der Waals surface area contributed by atoms with Gasteiger partial charge in [0.15, 0.2) is 0 Å². The highest BCUT2D eigenvalue weighted by Gasteiger charge is 2.65. The van der Waals surface area contributed by atoms with Crippen LogP contribution in [0.1, 0.15) is 20.3 Å². The van der Waals surface area contributed by atoms with Gasteiger partial charge in [-0.05, 0) is 12.3 Å². The van der Waals surface area contributed by atoms with Gasteiger partial charge in [-0.3, -0.25) is 4.79 Å². The van der Waals surface area contributed by atoms with E-state index in [-0.39, 0.29) is 11.3 Å². The Morgan fingerprint density at radius 1 is 1.80 bits per heavy atom. The SMILES string of the molecule is CCC1(C(=O)O)C(C)C1Cl. The Bertz CT molecular complexity index is 159. The lowest BCUT2D eigenvalue weighted by molar-refractivity contribution is -0.143. The third-order valence-corrected chi connectivity index (χ3v) is 3.39. The monoisotopic (exact) mass is 162 g/mol. The molecular formula is C7H11ClO2. The summed E-state index contributed by atoms with van der Waals surface area (Å²) in [7, 11) is 0. The van der Waals surface area contributed by atoms with Gasteiger partial charge in [0.1, 0.15) is 0 Å². The summed E-state index contributed by atoms with van der Waals surface area (Å²) in [6, 6.07) is 0. The van der Waals surface area contributed by atoms with Crippen LogP contribution in [0, 0.1) is 11.3 Å². The maximum Gasteiger partial charge on any atom is 0.311 e. The molecule has 0 radical (unpaired) electrons. The van der Waals surface area contributed by atoms with Crippen molar-refractivity contribution >= 4 is 17.6 Å². The number of halogens is 1. The highest BCUT2D eigenvalue weighted by atomic mass is 35.5. The first-order valence-electron chi connectivity index (χ1n) is 3.44. The number of carboxylic acids is 1. The quantitative estimate of drug-likeness (QED) is 0.628. The van der Waals surface area contributed by atoms with E-state index in [0.29, 0.717) is 6.42 Å². The van der Waals surface area contributed by atoms with Gasteiger partial charge in [-0.1, -0.05) is 13.8 Å². The molecule has 0 saturated heterocycles. The van der Waals surface area contributed by atoms with Crippen molar-refractivity contribution in [2.24, 2.45) is 11.3 Å². The first kappa shape index (κ1) is 7.86. The van der Waals surface area contributed by atoms with E-state index >= 15 is 0 Å². The zero-order valence-corrected chi connectivity index (χ0v) is 6.85. The lowest BCUT2D eigenvalue weighted by Gasteiger charge is -2.05. The van der Waals surface area contributed by atoms with Crippen LogP contribution in [-0.4, -0.2) is 16.5 Å². The number of aliphatic carboxylic acids is 1. The molecule has 0 heterocycles. The van der Waals surface area contributed by atoms with E-state index in [1.165, 1.54) is 0 Å². The second-order valence-corrected chi connectivity index (χ2v) is 3.36. The van der Waals surface area contributed by atoms with Gasteiger partial charge in [-0.25, -0.2) is 0 Å². The van der Waals surface area contributed by atoms with Gasteiger partial charge in [0.05, 0.1) is 10.8 Å². The standard InChI is InChI=1S/C7H11ClO2/c1-3-7(6(9)10)4(2)5(7)8/h4-5H,3H2,1-2H3,(H,9,10). The van der Waals surface area contributed by atoms with E-state index in [1.807, 2.05) is 13.8 Å². The summed E-state index contributed by atoms with van der Waals surface area (Å²) < 4.78 is 0. The fraction of sp³-hybridized carbons (Fsp3) is 0.857. The van der Waals surface area contributed by atoms with Crippen molar-refractivity contribution in [2.45, 2.75) is 25.6 Å². The Balaban J connectivity index is 2.75. The topological polar surface area (TPSA) is 37.3 Å². The predicted octanol–water partition coefficient (Wildman–Crippen LogP) is 1.72. The Kier molecular flexibility index (Phi) is 1.67. The van der Waals surface area contributed by atoms with Gasteiger partial charge in [-0.15, -0.1) is 11.6 Å². The van der Waals surface area contributed by atoms with Gasteiger partial charge in [0.25, 0.3) is 0 Å². The van der Waals surface area contributed by atoms with Gasteiger partial charge < -0.3 is 5.11 Å². The van der Waals surface area contributed by atoms with Crippen molar-refractivity contribution < 1.29 is 9.90 Å². The van der Waals surface area contributed by atoms with Crippen LogP contribution >= 0.6 is 11.6 Å². The van der Waals surface area contributed by atoms with Crippen LogP contribution in [-0.2, 0) is 4.79 Å². The summed E-state index contributed by atoms with van der Waals surface area (Å²) in [6.07, 6.45) is 0.637. The van der Waals surface area contributed by atoms with E-state index < -0.39 is 11.4 Å². The first-order chi connectivity index (χ1) is 4.57. The number of hydrogen-bond acceptors (Lipinski definition) is 1. The molecule has 58 valence electrons. The molecule has 1 rings (SSSR count).